The van der Waals surface area contributed by atoms with Crippen LogP contribution in [0.2, 0.25) is 0 Å². The molecule has 2 heterocycles. The maximum atomic E-state index is 4.61. The Bertz CT molecular complexity index is 404. The zero-order chi connectivity index (χ0) is 13.8. The van der Waals surface area contributed by atoms with Crippen LogP contribution in [-0.4, -0.2) is 54.5 Å². The van der Waals surface area contributed by atoms with Crippen molar-refractivity contribution in [1.82, 2.24) is 20.0 Å². The molecule has 1 fully saturated rings. The van der Waals surface area contributed by atoms with Gasteiger partial charge in [0.1, 0.15) is 5.82 Å². The molecule has 0 unspecified atom stereocenters. The van der Waals surface area contributed by atoms with Crippen molar-refractivity contribution in [3.8, 4) is 0 Å². The normalized spacial score (nSPS) is 17.2. The van der Waals surface area contributed by atoms with E-state index in [4.69, 9.17) is 0 Å². The van der Waals surface area contributed by atoms with E-state index < -0.39 is 0 Å². The van der Waals surface area contributed by atoms with Gasteiger partial charge in [-0.1, -0.05) is 6.92 Å². The van der Waals surface area contributed by atoms with Crippen LogP contribution in [0.5, 0.6) is 0 Å². The van der Waals surface area contributed by atoms with Gasteiger partial charge in [0.05, 0.1) is 5.69 Å². The molecular formula is C14H27N5. The van der Waals surface area contributed by atoms with Crippen molar-refractivity contribution in [2.24, 2.45) is 7.05 Å². The van der Waals surface area contributed by atoms with Crippen LogP contribution in [0.3, 0.4) is 0 Å². The third-order valence-electron chi connectivity index (χ3n) is 3.84. The van der Waals surface area contributed by atoms with Crippen LogP contribution >= 0.6 is 0 Å². The molecule has 0 bridgehead atoms. The van der Waals surface area contributed by atoms with Gasteiger partial charge < -0.3 is 15.1 Å². The minimum atomic E-state index is 0.926. The van der Waals surface area contributed by atoms with E-state index in [0.717, 1.165) is 45.0 Å². The summed E-state index contributed by atoms with van der Waals surface area (Å²) in [6.07, 6.45) is 1.17. The lowest BCUT2D eigenvalue weighted by Crippen LogP contribution is -2.45. The summed E-state index contributed by atoms with van der Waals surface area (Å²) in [5, 5.41) is 8.11. The topological polar surface area (TPSA) is 36.3 Å². The molecule has 1 aliphatic rings. The fraction of sp³-hybridized carbons (Fsp3) is 0.786. The summed E-state index contributed by atoms with van der Waals surface area (Å²) in [5.41, 5.74) is 2.51. The van der Waals surface area contributed by atoms with E-state index in [2.05, 4.69) is 48.2 Å². The molecule has 0 amide bonds. The highest BCUT2D eigenvalue weighted by Crippen LogP contribution is 2.24. The third-order valence-corrected chi connectivity index (χ3v) is 3.84. The second-order valence-electron chi connectivity index (χ2n) is 5.48. The van der Waals surface area contributed by atoms with Crippen molar-refractivity contribution in [1.29, 1.82) is 0 Å². The van der Waals surface area contributed by atoms with Gasteiger partial charge in [0, 0.05) is 45.3 Å². The smallest absolute Gasteiger partial charge is 0.131 e. The number of aryl methyl sites for hydroxylation is 2. The molecule has 19 heavy (non-hydrogen) atoms. The van der Waals surface area contributed by atoms with Crippen molar-refractivity contribution in [3.63, 3.8) is 0 Å². The van der Waals surface area contributed by atoms with Gasteiger partial charge in [0.2, 0.25) is 0 Å². The van der Waals surface area contributed by atoms with Gasteiger partial charge in [-0.25, -0.2) is 0 Å². The molecule has 0 radical (unpaired) electrons. The molecule has 108 valence electrons. The van der Waals surface area contributed by atoms with E-state index in [0.29, 0.717) is 0 Å². The number of aromatic nitrogens is 2. The molecule has 0 atom stereocenters. The number of nitrogens with one attached hydrogen (secondary N) is 1. The zero-order valence-corrected chi connectivity index (χ0v) is 12.7. The van der Waals surface area contributed by atoms with Gasteiger partial charge in [0.15, 0.2) is 0 Å². The van der Waals surface area contributed by atoms with Crippen molar-refractivity contribution in [3.05, 3.63) is 11.3 Å². The van der Waals surface area contributed by atoms with E-state index in [9.17, 15) is 0 Å². The van der Waals surface area contributed by atoms with Crippen molar-refractivity contribution in [2.45, 2.75) is 26.8 Å². The Labute approximate surface area is 116 Å². The van der Waals surface area contributed by atoms with Crippen molar-refractivity contribution < 1.29 is 0 Å². The Morgan fingerprint density at radius 1 is 1.16 bits per heavy atom. The Morgan fingerprint density at radius 2 is 1.84 bits per heavy atom. The van der Waals surface area contributed by atoms with E-state index in [1.165, 1.54) is 17.8 Å². The summed E-state index contributed by atoms with van der Waals surface area (Å²) in [5.74, 6) is 1.30. The molecule has 0 aromatic carbocycles. The second kappa shape index (κ2) is 6.39. The van der Waals surface area contributed by atoms with Crippen LogP contribution in [0, 0.1) is 6.92 Å². The largest absolute Gasteiger partial charge is 0.354 e. The highest BCUT2D eigenvalue weighted by atomic mass is 15.4. The lowest BCUT2D eigenvalue weighted by Gasteiger charge is -2.34. The van der Waals surface area contributed by atoms with Gasteiger partial charge in [-0.15, -0.1) is 0 Å². The number of nitrogens with zero attached hydrogens (tertiary/aromatic N) is 4. The van der Waals surface area contributed by atoms with Crippen LogP contribution in [0.15, 0.2) is 0 Å². The van der Waals surface area contributed by atoms with Crippen LogP contribution in [0.1, 0.15) is 24.6 Å². The molecule has 0 saturated carbocycles. The first-order valence-corrected chi connectivity index (χ1v) is 7.30. The van der Waals surface area contributed by atoms with Crippen molar-refractivity contribution in [2.75, 3.05) is 44.7 Å². The lowest BCUT2D eigenvalue weighted by molar-refractivity contribution is 0.310. The molecule has 1 aromatic heterocycles. The van der Waals surface area contributed by atoms with Crippen LogP contribution in [0.4, 0.5) is 5.82 Å². The Balaban J connectivity index is 2.13. The minimum Gasteiger partial charge on any atom is -0.354 e. The average Bonchev–Trinajstić information content (AvgIpc) is 2.66. The Kier molecular flexibility index (Phi) is 4.82. The van der Waals surface area contributed by atoms with Crippen molar-refractivity contribution >= 4 is 5.82 Å². The number of hydrogen-bond acceptors (Lipinski definition) is 4. The van der Waals surface area contributed by atoms with E-state index in [1.54, 1.807) is 0 Å². The Hall–Kier alpha value is -1.07. The molecule has 5 heteroatoms. The first-order chi connectivity index (χ1) is 9.13. The number of piperazine rings is 1. The van der Waals surface area contributed by atoms with Gasteiger partial charge in [-0.05, 0) is 26.9 Å². The number of anilines is 1. The summed E-state index contributed by atoms with van der Waals surface area (Å²) in [6, 6.07) is 0. The number of rotatable bonds is 5. The summed E-state index contributed by atoms with van der Waals surface area (Å²) in [7, 11) is 4.25. The fourth-order valence-electron chi connectivity index (χ4n) is 2.70. The van der Waals surface area contributed by atoms with Gasteiger partial charge in [-0.2, -0.15) is 5.10 Å². The van der Waals surface area contributed by atoms with E-state index in [-0.39, 0.29) is 0 Å². The van der Waals surface area contributed by atoms with E-state index in [1.807, 2.05) is 4.68 Å². The van der Waals surface area contributed by atoms with Gasteiger partial charge in [0.25, 0.3) is 0 Å². The second-order valence-corrected chi connectivity index (χ2v) is 5.48. The van der Waals surface area contributed by atoms with Crippen LogP contribution < -0.4 is 10.2 Å². The predicted molar refractivity (Wildman–Crippen MR) is 79.7 cm³/mol. The van der Waals surface area contributed by atoms with Gasteiger partial charge >= 0.3 is 0 Å². The van der Waals surface area contributed by atoms with Crippen LogP contribution in [-0.2, 0) is 13.6 Å². The number of hydrogen-bond donors (Lipinski definition) is 1. The quantitative estimate of drug-likeness (QED) is 0.805. The summed E-state index contributed by atoms with van der Waals surface area (Å²) >= 11 is 0. The molecule has 2 rings (SSSR count). The SMILES string of the molecule is CCCNCc1c(C)nn(C)c1N1CCN(C)CC1. The molecular weight excluding hydrogens is 238 g/mol. The maximum Gasteiger partial charge on any atom is 0.131 e. The van der Waals surface area contributed by atoms with Crippen LogP contribution in [0.25, 0.3) is 0 Å². The first kappa shape index (κ1) is 14.3. The molecule has 1 N–H and O–H groups in total. The number of likely N-dealkylation sites (N-methyl/N-ethyl adjacent to an activating group) is 1. The monoisotopic (exact) mass is 265 g/mol. The first-order valence-electron chi connectivity index (χ1n) is 7.30. The minimum absolute atomic E-state index is 0.926. The molecule has 0 aliphatic carbocycles. The molecule has 0 spiro atoms. The summed E-state index contributed by atoms with van der Waals surface area (Å²) in [6.45, 7) is 10.8. The Morgan fingerprint density at radius 3 is 2.47 bits per heavy atom. The van der Waals surface area contributed by atoms with Gasteiger partial charge in [-0.3, -0.25) is 4.68 Å². The zero-order valence-electron chi connectivity index (χ0n) is 12.7. The molecule has 5 nitrogen and oxygen atoms in total. The third kappa shape index (κ3) is 3.28. The highest BCUT2D eigenvalue weighted by Gasteiger charge is 2.22. The predicted octanol–water partition coefficient (Wildman–Crippen LogP) is 0.980. The molecule has 1 saturated heterocycles. The lowest BCUT2D eigenvalue weighted by atomic mass is 10.2. The maximum absolute atomic E-state index is 4.61. The average molecular weight is 265 g/mol. The standard InChI is InChI=1S/C14H27N5/c1-5-6-15-11-13-12(2)16-18(4)14(13)19-9-7-17(3)8-10-19/h15H,5-11H2,1-4H3. The summed E-state index contributed by atoms with van der Waals surface area (Å²) < 4.78 is 2.05. The molecule has 1 aromatic rings. The summed E-state index contributed by atoms with van der Waals surface area (Å²) in [4.78, 5) is 4.86. The van der Waals surface area contributed by atoms with E-state index >= 15 is 0 Å². The fourth-order valence-corrected chi connectivity index (χ4v) is 2.70. The highest BCUT2D eigenvalue weighted by molar-refractivity contribution is 5.50. The molecule has 1 aliphatic heterocycles.